The van der Waals surface area contributed by atoms with E-state index in [2.05, 4.69) is 10.4 Å². The third-order valence-electron chi connectivity index (χ3n) is 4.17. The van der Waals surface area contributed by atoms with Crippen molar-refractivity contribution >= 4 is 23.0 Å². The van der Waals surface area contributed by atoms with Crippen LogP contribution < -0.4 is 5.32 Å². The van der Waals surface area contributed by atoms with Gasteiger partial charge in [0.25, 0.3) is 0 Å². The Bertz CT molecular complexity index is 1090. The van der Waals surface area contributed by atoms with Crippen molar-refractivity contribution in [3.63, 3.8) is 0 Å². The maximum Gasteiger partial charge on any atom is 0.142 e. The maximum absolute atomic E-state index is 10.4. The minimum atomic E-state index is -0.0556. The molecule has 3 aromatic carbocycles. The molecule has 0 atom stereocenters. The topological polar surface area (TPSA) is 70.3 Å². The number of phenols is 2. The first-order valence-electron chi connectivity index (χ1n) is 8.31. The fourth-order valence-corrected chi connectivity index (χ4v) is 3.10. The molecule has 4 rings (SSSR count). The Hall–Kier alpha value is -3.44. The lowest BCUT2D eigenvalue weighted by Crippen LogP contribution is -2.00. The summed E-state index contributed by atoms with van der Waals surface area (Å²) in [6, 6.07) is 21.6. The molecule has 0 amide bonds. The molecular weight excluding hydrogens is 362 g/mol. The molecule has 1 aromatic heterocycles. The number of rotatable bonds is 4. The molecule has 0 aliphatic carbocycles. The molecule has 4 aromatic rings. The predicted octanol–water partition coefficient (Wildman–Crippen LogP) is 5.35. The fraction of sp³-hybridized carbons (Fsp3) is 0. The SMILES string of the molecule is Oc1cc(O)c(-c2ccnn2-c2ccccc2Cl)cc1Nc1ccccc1. The van der Waals surface area contributed by atoms with E-state index in [1.54, 1.807) is 29.1 Å². The van der Waals surface area contributed by atoms with E-state index in [1.807, 2.05) is 48.5 Å². The van der Waals surface area contributed by atoms with E-state index in [0.717, 1.165) is 5.69 Å². The summed E-state index contributed by atoms with van der Waals surface area (Å²) in [4.78, 5) is 0. The average Bonchev–Trinajstić information content (AvgIpc) is 3.14. The summed E-state index contributed by atoms with van der Waals surface area (Å²) in [6.45, 7) is 0. The van der Waals surface area contributed by atoms with Crippen LogP contribution >= 0.6 is 11.6 Å². The van der Waals surface area contributed by atoms with Crippen LogP contribution in [0.15, 0.2) is 79.0 Å². The zero-order valence-electron chi connectivity index (χ0n) is 14.2. The molecule has 134 valence electrons. The van der Waals surface area contributed by atoms with Gasteiger partial charge in [-0.05, 0) is 36.4 Å². The van der Waals surface area contributed by atoms with E-state index in [0.29, 0.717) is 27.7 Å². The number of benzene rings is 3. The highest BCUT2D eigenvalue weighted by atomic mass is 35.5. The van der Waals surface area contributed by atoms with Crippen LogP contribution in [0.2, 0.25) is 5.02 Å². The number of aromatic hydroxyl groups is 2. The van der Waals surface area contributed by atoms with Crippen LogP contribution in [0.1, 0.15) is 0 Å². The molecule has 1 heterocycles. The minimum Gasteiger partial charge on any atom is -0.507 e. The van der Waals surface area contributed by atoms with Crippen LogP contribution in [-0.4, -0.2) is 20.0 Å². The number of halogens is 1. The van der Waals surface area contributed by atoms with E-state index < -0.39 is 0 Å². The van der Waals surface area contributed by atoms with Gasteiger partial charge in [-0.25, -0.2) is 4.68 Å². The highest BCUT2D eigenvalue weighted by molar-refractivity contribution is 6.32. The molecule has 0 spiro atoms. The van der Waals surface area contributed by atoms with E-state index in [4.69, 9.17) is 11.6 Å². The normalized spacial score (nSPS) is 10.7. The van der Waals surface area contributed by atoms with E-state index in [1.165, 1.54) is 6.07 Å². The number of aromatic nitrogens is 2. The lowest BCUT2D eigenvalue weighted by molar-refractivity contribution is 0.453. The smallest absolute Gasteiger partial charge is 0.142 e. The zero-order valence-corrected chi connectivity index (χ0v) is 14.9. The second kappa shape index (κ2) is 7.05. The molecule has 6 heteroatoms. The number of hydrogen-bond acceptors (Lipinski definition) is 4. The van der Waals surface area contributed by atoms with E-state index >= 15 is 0 Å². The molecule has 27 heavy (non-hydrogen) atoms. The summed E-state index contributed by atoms with van der Waals surface area (Å²) in [5.74, 6) is -0.108. The molecule has 0 unspecified atom stereocenters. The van der Waals surface area contributed by atoms with Crippen LogP contribution in [0.5, 0.6) is 11.5 Å². The van der Waals surface area contributed by atoms with Crippen molar-refractivity contribution in [1.82, 2.24) is 9.78 Å². The highest BCUT2D eigenvalue weighted by Gasteiger charge is 2.16. The van der Waals surface area contributed by atoms with Gasteiger partial charge in [0.05, 0.1) is 28.3 Å². The summed E-state index contributed by atoms with van der Waals surface area (Å²) < 4.78 is 1.65. The number of para-hydroxylation sites is 2. The molecule has 5 nitrogen and oxygen atoms in total. The highest BCUT2D eigenvalue weighted by Crippen LogP contribution is 2.39. The second-order valence-electron chi connectivity index (χ2n) is 5.96. The van der Waals surface area contributed by atoms with Gasteiger partial charge in [-0.1, -0.05) is 41.9 Å². The number of phenolic OH excluding ortho intramolecular Hbond substituents is 2. The largest absolute Gasteiger partial charge is 0.507 e. The first-order valence-corrected chi connectivity index (χ1v) is 8.68. The molecular formula is C21H16ClN3O2. The first-order chi connectivity index (χ1) is 13.1. The molecule has 3 N–H and O–H groups in total. The summed E-state index contributed by atoms with van der Waals surface area (Å²) >= 11 is 6.30. The molecule has 0 saturated carbocycles. The van der Waals surface area contributed by atoms with Crippen LogP contribution in [0.4, 0.5) is 11.4 Å². The Kier molecular flexibility index (Phi) is 4.44. The van der Waals surface area contributed by atoms with Crippen LogP contribution in [0, 0.1) is 0 Å². The summed E-state index contributed by atoms with van der Waals surface area (Å²) in [5.41, 5.74) is 3.16. The van der Waals surface area contributed by atoms with Gasteiger partial charge in [-0.3, -0.25) is 0 Å². The van der Waals surface area contributed by atoms with Crippen LogP contribution in [-0.2, 0) is 0 Å². The van der Waals surface area contributed by atoms with Crippen LogP contribution in [0.25, 0.3) is 16.9 Å². The van der Waals surface area contributed by atoms with Crippen molar-refractivity contribution in [2.75, 3.05) is 5.32 Å². The van der Waals surface area contributed by atoms with Gasteiger partial charge >= 0.3 is 0 Å². The number of anilines is 2. The van der Waals surface area contributed by atoms with Gasteiger partial charge in [0.2, 0.25) is 0 Å². The minimum absolute atomic E-state index is 0.0519. The Morgan fingerprint density at radius 2 is 1.59 bits per heavy atom. The maximum atomic E-state index is 10.4. The van der Waals surface area contributed by atoms with Crippen molar-refractivity contribution in [3.05, 3.63) is 84.0 Å². The predicted molar refractivity (Wildman–Crippen MR) is 107 cm³/mol. The van der Waals surface area contributed by atoms with Crippen molar-refractivity contribution in [2.24, 2.45) is 0 Å². The van der Waals surface area contributed by atoms with Crippen molar-refractivity contribution in [1.29, 1.82) is 0 Å². The monoisotopic (exact) mass is 377 g/mol. The van der Waals surface area contributed by atoms with E-state index in [9.17, 15) is 10.2 Å². The van der Waals surface area contributed by atoms with Gasteiger partial charge in [0, 0.05) is 17.3 Å². The van der Waals surface area contributed by atoms with Gasteiger partial charge in [-0.15, -0.1) is 0 Å². The van der Waals surface area contributed by atoms with Crippen molar-refractivity contribution in [2.45, 2.75) is 0 Å². The lowest BCUT2D eigenvalue weighted by atomic mass is 10.1. The molecule has 0 aliphatic heterocycles. The zero-order chi connectivity index (χ0) is 18.8. The van der Waals surface area contributed by atoms with Crippen molar-refractivity contribution in [3.8, 4) is 28.4 Å². The molecule has 0 aliphatic rings. The molecule has 0 bridgehead atoms. The second-order valence-corrected chi connectivity index (χ2v) is 6.36. The van der Waals surface area contributed by atoms with Crippen molar-refractivity contribution < 1.29 is 10.2 Å². The third kappa shape index (κ3) is 3.32. The third-order valence-corrected chi connectivity index (χ3v) is 4.49. The Labute approximate surface area is 161 Å². The van der Waals surface area contributed by atoms with E-state index in [-0.39, 0.29) is 11.5 Å². The van der Waals surface area contributed by atoms with Gasteiger partial charge in [0.1, 0.15) is 11.5 Å². The van der Waals surface area contributed by atoms with Gasteiger partial charge < -0.3 is 15.5 Å². The van der Waals surface area contributed by atoms with Crippen LogP contribution in [0.3, 0.4) is 0 Å². The summed E-state index contributed by atoms with van der Waals surface area (Å²) in [6.07, 6.45) is 1.63. The molecule has 0 fully saturated rings. The summed E-state index contributed by atoms with van der Waals surface area (Å²) in [7, 11) is 0. The lowest BCUT2D eigenvalue weighted by Gasteiger charge is -2.14. The summed E-state index contributed by atoms with van der Waals surface area (Å²) in [5, 5.41) is 28.7. The van der Waals surface area contributed by atoms with Gasteiger partial charge in [0.15, 0.2) is 0 Å². The average molecular weight is 378 g/mol. The molecule has 0 radical (unpaired) electrons. The number of nitrogens with zero attached hydrogens (tertiary/aromatic N) is 2. The quantitative estimate of drug-likeness (QED) is 0.331. The number of nitrogens with one attached hydrogen (secondary N) is 1. The van der Waals surface area contributed by atoms with Gasteiger partial charge in [-0.2, -0.15) is 5.10 Å². The number of hydrogen-bond donors (Lipinski definition) is 3. The fourth-order valence-electron chi connectivity index (χ4n) is 2.88. The Balaban J connectivity index is 1.81. The standard InChI is InChI=1S/C21H16ClN3O2/c22-16-8-4-5-9-19(16)25-18(10-11-23-25)15-12-17(21(27)13-20(15)26)24-14-6-2-1-3-7-14/h1-13,24,26-27H. The molecule has 0 saturated heterocycles. The Morgan fingerprint density at radius 3 is 2.37 bits per heavy atom. The first kappa shape index (κ1) is 17.0. The Morgan fingerprint density at radius 1 is 0.852 bits per heavy atom.